The van der Waals surface area contributed by atoms with Gasteiger partial charge >= 0.3 is 5.97 Å². The summed E-state index contributed by atoms with van der Waals surface area (Å²) in [6, 6.07) is 0. The summed E-state index contributed by atoms with van der Waals surface area (Å²) in [5, 5.41) is 10.0. The molecule has 0 amide bonds. The van der Waals surface area contributed by atoms with Gasteiger partial charge in [0.05, 0.1) is 11.1 Å². The van der Waals surface area contributed by atoms with Gasteiger partial charge in [0.15, 0.2) is 0 Å². The van der Waals surface area contributed by atoms with Crippen LogP contribution in [0.15, 0.2) is 35.1 Å². The molecule has 3 fully saturated rings. The van der Waals surface area contributed by atoms with E-state index < -0.39 is 5.60 Å². The Kier molecular flexibility index (Phi) is 7.15. The number of carbonyl (C=O) groups excluding carboxylic acids is 1. The van der Waals surface area contributed by atoms with Crippen LogP contribution in [0.2, 0.25) is 0 Å². The van der Waals surface area contributed by atoms with Gasteiger partial charge in [-0.05, 0) is 102 Å². The first-order valence-corrected chi connectivity index (χ1v) is 13.4. The molecular weight excluding hydrogens is 410 g/mol. The summed E-state index contributed by atoms with van der Waals surface area (Å²) >= 11 is 0. The van der Waals surface area contributed by atoms with E-state index in [1.165, 1.54) is 56.7 Å². The molecule has 4 heteroatoms. The first kappa shape index (κ1) is 24.6. The molecule has 0 spiro atoms. The van der Waals surface area contributed by atoms with E-state index in [2.05, 4.69) is 30.1 Å². The summed E-state index contributed by atoms with van der Waals surface area (Å²) in [6.45, 7) is 8.89. The summed E-state index contributed by atoms with van der Waals surface area (Å²) in [5.74, 6) is -0.160. The van der Waals surface area contributed by atoms with Crippen molar-refractivity contribution < 1.29 is 14.6 Å². The minimum absolute atomic E-state index is 0.0590. The number of allylic oxidation sites excluding steroid dienone is 3. The van der Waals surface area contributed by atoms with E-state index >= 15 is 0 Å². The van der Waals surface area contributed by atoms with Gasteiger partial charge in [0.25, 0.3) is 0 Å². The number of hydrogen-bond donors (Lipinski definition) is 1. The summed E-state index contributed by atoms with van der Waals surface area (Å²) in [7, 11) is 0. The SMILES string of the molecule is CC(=O)OC1CCC/C(=C/C=C2\CCCC3(C)C(C4(CCCCC(C)(C)O)CC4)=CCN23)C1. The fraction of sp³-hybridized carbons (Fsp3) is 0.759. The van der Waals surface area contributed by atoms with Gasteiger partial charge in [-0.1, -0.05) is 30.6 Å². The topological polar surface area (TPSA) is 49.8 Å². The second-order valence-corrected chi connectivity index (χ2v) is 12.0. The van der Waals surface area contributed by atoms with Crippen LogP contribution in [-0.2, 0) is 9.53 Å². The number of hydrogen-bond acceptors (Lipinski definition) is 4. The van der Waals surface area contributed by atoms with Crippen LogP contribution in [0.25, 0.3) is 0 Å². The monoisotopic (exact) mass is 455 g/mol. The molecule has 4 aliphatic rings. The van der Waals surface area contributed by atoms with Crippen LogP contribution in [0, 0.1) is 5.41 Å². The summed E-state index contributed by atoms with van der Waals surface area (Å²) in [5.41, 5.74) is 4.66. The summed E-state index contributed by atoms with van der Waals surface area (Å²) < 4.78 is 5.48. The van der Waals surface area contributed by atoms with Gasteiger partial charge in [0.2, 0.25) is 0 Å². The number of aliphatic hydroxyl groups is 1. The minimum atomic E-state index is -0.541. The van der Waals surface area contributed by atoms with Crippen LogP contribution >= 0.6 is 0 Å². The third kappa shape index (κ3) is 5.75. The van der Waals surface area contributed by atoms with Gasteiger partial charge in [0.1, 0.15) is 6.10 Å². The fourth-order valence-electron chi connectivity index (χ4n) is 6.74. The highest BCUT2D eigenvalue weighted by molar-refractivity contribution is 5.66. The highest BCUT2D eigenvalue weighted by Gasteiger charge is 2.55. The second kappa shape index (κ2) is 9.60. The largest absolute Gasteiger partial charge is 0.462 e. The predicted molar refractivity (Wildman–Crippen MR) is 134 cm³/mol. The molecule has 2 unspecified atom stereocenters. The smallest absolute Gasteiger partial charge is 0.302 e. The molecule has 0 aromatic rings. The zero-order valence-corrected chi connectivity index (χ0v) is 21.4. The van der Waals surface area contributed by atoms with Crippen LogP contribution in [0.5, 0.6) is 0 Å². The van der Waals surface area contributed by atoms with E-state index in [1.54, 1.807) is 5.57 Å². The molecule has 0 aromatic heterocycles. The lowest BCUT2D eigenvalue weighted by molar-refractivity contribution is -0.147. The van der Waals surface area contributed by atoms with Crippen molar-refractivity contribution in [1.29, 1.82) is 0 Å². The first-order chi connectivity index (χ1) is 15.6. The fourth-order valence-corrected chi connectivity index (χ4v) is 6.74. The number of unbranched alkanes of at least 4 members (excludes halogenated alkanes) is 1. The molecule has 1 N–H and O–H groups in total. The second-order valence-electron chi connectivity index (χ2n) is 12.0. The van der Waals surface area contributed by atoms with Crippen molar-refractivity contribution in [3.8, 4) is 0 Å². The Morgan fingerprint density at radius 3 is 2.70 bits per heavy atom. The molecule has 0 aromatic carbocycles. The van der Waals surface area contributed by atoms with E-state index in [4.69, 9.17) is 4.74 Å². The number of esters is 1. The van der Waals surface area contributed by atoms with Crippen molar-refractivity contribution in [3.05, 3.63) is 35.1 Å². The normalized spacial score (nSPS) is 31.5. The lowest BCUT2D eigenvalue weighted by Crippen LogP contribution is -2.47. The highest BCUT2D eigenvalue weighted by Crippen LogP contribution is 2.62. The molecule has 2 saturated carbocycles. The number of ether oxygens (including phenoxy) is 1. The van der Waals surface area contributed by atoms with E-state index in [0.717, 1.165) is 51.5 Å². The van der Waals surface area contributed by atoms with E-state index in [-0.39, 0.29) is 17.6 Å². The molecule has 2 atom stereocenters. The van der Waals surface area contributed by atoms with Crippen LogP contribution in [0.4, 0.5) is 0 Å². The Balaban J connectivity index is 1.40. The Bertz CT molecular complexity index is 826. The Morgan fingerprint density at radius 2 is 2.00 bits per heavy atom. The molecular formula is C29H45NO3. The summed E-state index contributed by atoms with van der Waals surface area (Å²) in [4.78, 5) is 14.0. The molecule has 0 bridgehead atoms. The van der Waals surface area contributed by atoms with Gasteiger partial charge in [0, 0.05) is 25.6 Å². The number of rotatable bonds is 8. The molecule has 184 valence electrons. The Hall–Kier alpha value is -1.55. The van der Waals surface area contributed by atoms with Crippen molar-refractivity contribution in [1.82, 2.24) is 4.90 Å². The lowest BCUT2D eigenvalue weighted by atomic mass is 9.74. The first-order valence-electron chi connectivity index (χ1n) is 13.4. The third-order valence-corrected chi connectivity index (χ3v) is 8.57. The number of piperidine rings is 1. The van der Waals surface area contributed by atoms with Crippen molar-refractivity contribution in [2.75, 3.05) is 6.54 Å². The standard InChI is InChI=1S/C29H45NO3/c1-22(31)33-25-11-7-9-23(21-25)12-13-24-10-8-16-28(4)26(14-20-30(24)28)29(18-19-29)17-6-5-15-27(2,3)32/h12-14,25,32H,5-11,15-21H2,1-4H3/b23-12-,24-13+. The molecule has 1 saturated heterocycles. The van der Waals surface area contributed by atoms with Crippen molar-refractivity contribution >= 4 is 5.97 Å². The van der Waals surface area contributed by atoms with Crippen LogP contribution in [-0.4, -0.2) is 39.8 Å². The molecule has 4 rings (SSSR count). The van der Waals surface area contributed by atoms with Crippen LogP contribution in [0.3, 0.4) is 0 Å². The van der Waals surface area contributed by atoms with E-state index in [0.29, 0.717) is 5.41 Å². The number of carbonyl (C=O) groups is 1. The lowest BCUT2D eigenvalue weighted by Gasteiger charge is -2.47. The zero-order chi connectivity index (χ0) is 23.7. The summed E-state index contributed by atoms with van der Waals surface area (Å²) in [6.07, 6.45) is 22.3. The van der Waals surface area contributed by atoms with Gasteiger partial charge in [-0.3, -0.25) is 4.79 Å². The third-order valence-electron chi connectivity index (χ3n) is 8.57. The van der Waals surface area contributed by atoms with E-state index in [9.17, 15) is 9.90 Å². The van der Waals surface area contributed by atoms with Crippen LogP contribution in [0.1, 0.15) is 111 Å². The van der Waals surface area contributed by atoms with Gasteiger partial charge in [-0.2, -0.15) is 0 Å². The van der Waals surface area contributed by atoms with Gasteiger partial charge in [-0.25, -0.2) is 0 Å². The van der Waals surface area contributed by atoms with Gasteiger partial charge in [-0.15, -0.1) is 0 Å². The molecule has 33 heavy (non-hydrogen) atoms. The number of nitrogens with zero attached hydrogens (tertiary/aromatic N) is 1. The minimum Gasteiger partial charge on any atom is -0.462 e. The maximum atomic E-state index is 11.4. The van der Waals surface area contributed by atoms with Crippen molar-refractivity contribution in [3.63, 3.8) is 0 Å². The van der Waals surface area contributed by atoms with Gasteiger partial charge < -0.3 is 14.7 Å². The maximum Gasteiger partial charge on any atom is 0.302 e. The Labute approximate surface area is 201 Å². The van der Waals surface area contributed by atoms with Crippen LogP contribution < -0.4 is 0 Å². The van der Waals surface area contributed by atoms with Crippen molar-refractivity contribution in [2.45, 2.75) is 128 Å². The average Bonchev–Trinajstić information content (AvgIpc) is 3.42. The molecule has 2 aliphatic carbocycles. The quantitative estimate of drug-likeness (QED) is 0.254. The number of fused-ring (bicyclic) bond motifs is 1. The highest BCUT2D eigenvalue weighted by atomic mass is 16.5. The van der Waals surface area contributed by atoms with Crippen molar-refractivity contribution in [2.24, 2.45) is 5.41 Å². The zero-order valence-electron chi connectivity index (χ0n) is 21.4. The predicted octanol–water partition coefficient (Wildman–Crippen LogP) is 6.60. The average molecular weight is 456 g/mol. The molecule has 2 aliphatic heterocycles. The Morgan fingerprint density at radius 1 is 1.21 bits per heavy atom. The molecule has 2 heterocycles. The van der Waals surface area contributed by atoms with E-state index in [1.807, 2.05) is 13.8 Å². The maximum absolute atomic E-state index is 11.4. The molecule has 0 radical (unpaired) electrons. The molecule has 4 nitrogen and oxygen atoms in total.